The highest BCUT2D eigenvalue weighted by Crippen LogP contribution is 2.31. The van der Waals surface area contributed by atoms with Gasteiger partial charge in [-0.1, -0.05) is 29.4 Å². The first kappa shape index (κ1) is 25.6. The van der Waals surface area contributed by atoms with Gasteiger partial charge in [0.15, 0.2) is 0 Å². The molecule has 206 valence electrons. The van der Waals surface area contributed by atoms with E-state index < -0.39 is 17.4 Å². The number of aryl methyl sites for hydroxylation is 1. The lowest BCUT2D eigenvalue weighted by molar-refractivity contribution is -0.137. The average molecular weight is 551 g/mol. The third-order valence-electron chi connectivity index (χ3n) is 7.16. The molecular weight excluding hydrogens is 525 g/mol. The number of piperazine rings is 1. The van der Waals surface area contributed by atoms with E-state index in [2.05, 4.69) is 62.1 Å². The predicted octanol–water partition coefficient (Wildman–Crippen LogP) is 3.95. The Morgan fingerprint density at radius 2 is 1.70 bits per heavy atom. The van der Waals surface area contributed by atoms with Gasteiger partial charge in [0.1, 0.15) is 12.4 Å². The van der Waals surface area contributed by atoms with E-state index in [4.69, 9.17) is 4.52 Å². The summed E-state index contributed by atoms with van der Waals surface area (Å²) in [6.45, 7) is 7.30. The number of aromatic nitrogens is 6. The molecule has 5 aromatic rings. The van der Waals surface area contributed by atoms with Gasteiger partial charge in [0.2, 0.25) is 11.7 Å². The van der Waals surface area contributed by atoms with E-state index in [1.165, 1.54) is 33.3 Å². The molecule has 0 unspecified atom stereocenters. The number of alkyl halides is 3. The van der Waals surface area contributed by atoms with Crippen molar-refractivity contribution in [3.8, 4) is 11.4 Å². The Balaban J connectivity index is 1.18. The van der Waals surface area contributed by atoms with Gasteiger partial charge in [-0.25, -0.2) is 13.9 Å². The molecule has 4 heterocycles. The normalized spacial score (nSPS) is 14.3. The number of halogens is 3. The monoisotopic (exact) mass is 550 g/mol. The summed E-state index contributed by atoms with van der Waals surface area (Å²) in [6.07, 6.45) is -2.87. The van der Waals surface area contributed by atoms with E-state index in [1.54, 1.807) is 12.3 Å². The van der Waals surface area contributed by atoms with Crippen molar-refractivity contribution in [2.75, 3.05) is 36.0 Å². The summed E-state index contributed by atoms with van der Waals surface area (Å²) in [6, 6.07) is 12.8. The Morgan fingerprint density at radius 1 is 0.950 bits per heavy atom. The van der Waals surface area contributed by atoms with Gasteiger partial charge in [0, 0.05) is 43.6 Å². The van der Waals surface area contributed by atoms with Crippen LogP contribution >= 0.6 is 0 Å². The largest absolute Gasteiger partial charge is 0.416 e. The van der Waals surface area contributed by atoms with Crippen molar-refractivity contribution in [2.24, 2.45) is 0 Å². The maximum absolute atomic E-state index is 13.1. The highest BCUT2D eigenvalue weighted by Gasteiger charge is 2.31. The molecule has 2 aromatic carbocycles. The molecular formula is C27H25F3N8O2. The Kier molecular flexibility index (Phi) is 6.28. The van der Waals surface area contributed by atoms with E-state index >= 15 is 0 Å². The lowest BCUT2D eigenvalue weighted by Crippen LogP contribution is -2.47. The third kappa shape index (κ3) is 4.78. The molecule has 1 aliphatic heterocycles. The molecule has 0 radical (unpaired) electrons. The first-order valence-corrected chi connectivity index (χ1v) is 12.7. The Morgan fingerprint density at radius 3 is 2.48 bits per heavy atom. The second-order valence-electron chi connectivity index (χ2n) is 9.68. The second kappa shape index (κ2) is 9.81. The van der Waals surface area contributed by atoms with Gasteiger partial charge in [-0.3, -0.25) is 0 Å². The van der Waals surface area contributed by atoms with E-state index in [1.807, 2.05) is 0 Å². The molecule has 1 saturated heterocycles. The van der Waals surface area contributed by atoms with Crippen LogP contribution in [0.4, 0.5) is 24.7 Å². The zero-order chi connectivity index (χ0) is 28.0. The molecule has 13 heteroatoms. The highest BCUT2D eigenvalue weighted by atomic mass is 19.4. The minimum atomic E-state index is -4.49. The van der Waals surface area contributed by atoms with Crippen LogP contribution in [0.3, 0.4) is 0 Å². The second-order valence-corrected chi connectivity index (χ2v) is 9.68. The van der Waals surface area contributed by atoms with Crippen LogP contribution in [0.5, 0.6) is 0 Å². The van der Waals surface area contributed by atoms with Gasteiger partial charge in [-0.2, -0.15) is 23.1 Å². The summed E-state index contributed by atoms with van der Waals surface area (Å²) in [5, 5.41) is 8.09. The molecule has 1 aliphatic rings. The first-order valence-electron chi connectivity index (χ1n) is 12.7. The van der Waals surface area contributed by atoms with Crippen molar-refractivity contribution in [1.82, 2.24) is 29.3 Å². The van der Waals surface area contributed by atoms with Crippen molar-refractivity contribution in [3.63, 3.8) is 0 Å². The number of benzene rings is 2. The number of fused-ring (bicyclic) bond motifs is 1. The number of anilines is 2. The molecule has 6 rings (SSSR count). The van der Waals surface area contributed by atoms with Crippen molar-refractivity contribution in [2.45, 2.75) is 26.6 Å². The van der Waals surface area contributed by atoms with Crippen LogP contribution in [0, 0.1) is 13.8 Å². The predicted molar refractivity (Wildman–Crippen MR) is 141 cm³/mol. The van der Waals surface area contributed by atoms with Gasteiger partial charge in [-0.15, -0.1) is 5.10 Å². The van der Waals surface area contributed by atoms with Crippen LogP contribution in [-0.2, 0) is 12.7 Å². The van der Waals surface area contributed by atoms with Crippen LogP contribution in [0.15, 0.2) is 64.0 Å². The molecule has 40 heavy (non-hydrogen) atoms. The van der Waals surface area contributed by atoms with E-state index in [0.29, 0.717) is 0 Å². The van der Waals surface area contributed by atoms with E-state index in [9.17, 15) is 18.0 Å². The number of nitrogens with zero attached hydrogens (tertiary/aromatic N) is 8. The summed E-state index contributed by atoms with van der Waals surface area (Å²) < 4.78 is 46.8. The zero-order valence-electron chi connectivity index (χ0n) is 21.8. The Labute approximate surface area is 226 Å². The minimum absolute atomic E-state index is 0.0154. The maximum Gasteiger partial charge on any atom is 0.416 e. The smallest absolute Gasteiger partial charge is 0.368 e. The quantitative estimate of drug-likeness (QED) is 0.325. The minimum Gasteiger partial charge on any atom is -0.368 e. The summed E-state index contributed by atoms with van der Waals surface area (Å²) in [7, 11) is 0. The van der Waals surface area contributed by atoms with Crippen LogP contribution in [0.25, 0.3) is 17.2 Å². The van der Waals surface area contributed by atoms with Gasteiger partial charge >= 0.3 is 11.9 Å². The van der Waals surface area contributed by atoms with Gasteiger partial charge in [0.05, 0.1) is 5.56 Å². The Bertz CT molecular complexity index is 1750. The van der Waals surface area contributed by atoms with Crippen LogP contribution in [0.1, 0.15) is 22.6 Å². The van der Waals surface area contributed by atoms with Crippen molar-refractivity contribution in [3.05, 3.63) is 87.8 Å². The van der Waals surface area contributed by atoms with Crippen molar-refractivity contribution >= 4 is 17.3 Å². The molecule has 0 atom stereocenters. The van der Waals surface area contributed by atoms with Crippen molar-refractivity contribution in [1.29, 1.82) is 0 Å². The van der Waals surface area contributed by atoms with Crippen LogP contribution in [0.2, 0.25) is 0 Å². The molecule has 10 nitrogen and oxygen atoms in total. The van der Waals surface area contributed by atoms with Gasteiger partial charge in [-0.05, 0) is 49.2 Å². The van der Waals surface area contributed by atoms with Crippen LogP contribution < -0.4 is 15.5 Å². The molecule has 0 N–H and O–H groups in total. The summed E-state index contributed by atoms with van der Waals surface area (Å²) in [5.74, 6) is 0.950. The fourth-order valence-corrected chi connectivity index (χ4v) is 4.83. The lowest BCUT2D eigenvalue weighted by atomic mass is 10.1. The fraction of sp³-hybridized carbons (Fsp3) is 0.296. The summed E-state index contributed by atoms with van der Waals surface area (Å²) in [4.78, 5) is 26.2. The molecule has 0 spiro atoms. The van der Waals surface area contributed by atoms with Gasteiger partial charge < -0.3 is 14.3 Å². The molecule has 1 fully saturated rings. The van der Waals surface area contributed by atoms with E-state index in [-0.39, 0.29) is 29.6 Å². The van der Waals surface area contributed by atoms with Crippen LogP contribution in [-0.4, -0.2) is 55.5 Å². The summed E-state index contributed by atoms with van der Waals surface area (Å²) >= 11 is 0. The van der Waals surface area contributed by atoms with E-state index in [0.717, 1.165) is 48.8 Å². The number of hydrogen-bond acceptors (Lipinski definition) is 8. The SMILES string of the molecule is Cc1cccc(N2CCN(c3ccn4c(=O)n(Cc5nc(-c6cccc(C(F)(F)F)c6)no5)nc4n3)CC2)c1C. The third-order valence-corrected chi connectivity index (χ3v) is 7.16. The number of hydrogen-bond donors (Lipinski definition) is 0. The average Bonchev–Trinajstić information content (AvgIpc) is 3.54. The Hall–Kier alpha value is -4.68. The zero-order valence-corrected chi connectivity index (χ0v) is 21.8. The molecule has 0 amide bonds. The molecule has 0 bridgehead atoms. The standard InChI is InChI=1S/C27H25F3N8O2/c1-17-5-3-8-21(18(17)2)35-11-13-36(14-12-35)22-9-10-37-25(31-22)33-38(26(37)39)16-23-32-24(34-40-23)19-6-4-7-20(15-19)27(28,29)30/h3-10,15H,11-14,16H2,1-2H3. The topological polar surface area (TPSA) is 97.6 Å². The highest BCUT2D eigenvalue weighted by molar-refractivity contribution is 5.58. The lowest BCUT2D eigenvalue weighted by Gasteiger charge is -2.37. The first-order chi connectivity index (χ1) is 19.2. The molecule has 3 aromatic heterocycles. The summed E-state index contributed by atoms with van der Waals surface area (Å²) in [5.41, 5.74) is 2.67. The van der Waals surface area contributed by atoms with Crippen molar-refractivity contribution < 1.29 is 17.7 Å². The molecule has 0 saturated carbocycles. The van der Waals surface area contributed by atoms with Gasteiger partial charge in [0.25, 0.3) is 5.78 Å². The molecule has 0 aliphatic carbocycles. The maximum atomic E-state index is 13.1. The number of rotatable bonds is 5. The fourth-order valence-electron chi connectivity index (χ4n) is 4.83.